The van der Waals surface area contributed by atoms with E-state index in [1.165, 1.54) is 11.1 Å². The average molecular weight is 146 g/mol. The summed E-state index contributed by atoms with van der Waals surface area (Å²) in [4.78, 5) is 8.36. The van der Waals surface area contributed by atoms with Crippen LogP contribution in [0.2, 0.25) is 0 Å². The van der Waals surface area contributed by atoms with Gasteiger partial charge in [0.2, 0.25) is 0 Å². The van der Waals surface area contributed by atoms with Crippen LogP contribution >= 0.6 is 0 Å². The zero-order valence-corrected chi connectivity index (χ0v) is 6.76. The minimum Gasteiger partial charge on any atom is -0.241 e. The van der Waals surface area contributed by atoms with Crippen LogP contribution < -0.4 is 0 Å². The summed E-state index contributed by atoms with van der Waals surface area (Å²) in [5, 5.41) is 0. The Morgan fingerprint density at radius 3 is 2.82 bits per heavy atom. The molecule has 0 aliphatic heterocycles. The minimum atomic E-state index is 1.01. The normalized spacial score (nSPS) is 14.5. The largest absolute Gasteiger partial charge is 0.241 e. The van der Waals surface area contributed by atoms with Crippen LogP contribution in [0.4, 0.5) is 0 Å². The molecular weight excluding hydrogens is 136 g/mol. The highest BCUT2D eigenvalue weighted by atomic mass is 14.8. The smallest absolute Gasteiger partial charge is 0.116 e. The van der Waals surface area contributed by atoms with Gasteiger partial charge < -0.3 is 0 Å². The van der Waals surface area contributed by atoms with Crippen molar-refractivity contribution in [1.82, 2.24) is 9.97 Å². The Balaban J connectivity index is 2.64. The molecular formula is C9H10N2. The van der Waals surface area contributed by atoms with Crippen molar-refractivity contribution in [2.75, 3.05) is 0 Å². The zero-order valence-electron chi connectivity index (χ0n) is 6.76. The minimum absolute atomic E-state index is 1.01. The molecule has 0 fully saturated rings. The van der Waals surface area contributed by atoms with Gasteiger partial charge in [0.25, 0.3) is 0 Å². The molecule has 0 saturated carbocycles. The lowest BCUT2D eigenvalue weighted by atomic mass is 10.1. The van der Waals surface area contributed by atoms with E-state index in [9.17, 15) is 0 Å². The van der Waals surface area contributed by atoms with E-state index in [4.69, 9.17) is 0 Å². The Hall–Kier alpha value is -1.18. The van der Waals surface area contributed by atoms with Crippen LogP contribution in [0.15, 0.2) is 12.4 Å². The fourth-order valence-electron chi connectivity index (χ4n) is 1.44. The molecule has 2 rings (SSSR count). The molecule has 1 aromatic heterocycles. The SMILES string of the molecule is CC1=CCc2c(C)ncnc21. The molecule has 56 valence electrons. The molecule has 0 N–H and O–H groups in total. The first-order valence-corrected chi connectivity index (χ1v) is 3.76. The highest BCUT2D eigenvalue weighted by molar-refractivity contribution is 5.68. The summed E-state index contributed by atoms with van der Waals surface area (Å²) < 4.78 is 0. The highest BCUT2D eigenvalue weighted by Crippen LogP contribution is 2.25. The molecule has 0 radical (unpaired) electrons. The first-order chi connectivity index (χ1) is 5.29. The van der Waals surface area contributed by atoms with E-state index in [2.05, 4.69) is 23.0 Å². The average Bonchev–Trinajstić information content (AvgIpc) is 2.35. The van der Waals surface area contributed by atoms with Gasteiger partial charge in [-0.05, 0) is 25.8 Å². The lowest BCUT2D eigenvalue weighted by Gasteiger charge is -2.01. The fourth-order valence-corrected chi connectivity index (χ4v) is 1.44. The molecule has 0 unspecified atom stereocenters. The van der Waals surface area contributed by atoms with E-state index in [0.717, 1.165) is 17.8 Å². The maximum absolute atomic E-state index is 4.22. The number of allylic oxidation sites excluding steroid dienone is 2. The van der Waals surface area contributed by atoms with E-state index in [-0.39, 0.29) is 0 Å². The number of fused-ring (bicyclic) bond motifs is 1. The third kappa shape index (κ3) is 0.862. The summed E-state index contributed by atoms with van der Waals surface area (Å²) in [5.74, 6) is 0. The first-order valence-electron chi connectivity index (χ1n) is 3.76. The van der Waals surface area contributed by atoms with Gasteiger partial charge in [0.15, 0.2) is 0 Å². The van der Waals surface area contributed by atoms with Crippen LogP contribution in [-0.2, 0) is 6.42 Å². The summed E-state index contributed by atoms with van der Waals surface area (Å²) >= 11 is 0. The van der Waals surface area contributed by atoms with Gasteiger partial charge >= 0.3 is 0 Å². The van der Waals surface area contributed by atoms with Crippen molar-refractivity contribution in [3.63, 3.8) is 0 Å². The van der Waals surface area contributed by atoms with Crippen LogP contribution in [-0.4, -0.2) is 9.97 Å². The van der Waals surface area contributed by atoms with Crippen molar-refractivity contribution in [3.05, 3.63) is 29.4 Å². The van der Waals surface area contributed by atoms with Gasteiger partial charge in [-0.25, -0.2) is 9.97 Å². The molecule has 0 amide bonds. The predicted molar refractivity (Wildman–Crippen MR) is 44.1 cm³/mol. The van der Waals surface area contributed by atoms with E-state index in [0.29, 0.717) is 0 Å². The number of aryl methyl sites for hydroxylation is 1. The number of hydrogen-bond donors (Lipinski definition) is 0. The van der Waals surface area contributed by atoms with Gasteiger partial charge in [0.1, 0.15) is 6.33 Å². The molecule has 1 aromatic rings. The fraction of sp³-hybridized carbons (Fsp3) is 0.333. The third-order valence-electron chi connectivity index (χ3n) is 2.15. The highest BCUT2D eigenvalue weighted by Gasteiger charge is 2.13. The molecule has 0 atom stereocenters. The Morgan fingerprint density at radius 1 is 1.27 bits per heavy atom. The Labute approximate surface area is 66.0 Å². The van der Waals surface area contributed by atoms with Gasteiger partial charge in [-0.2, -0.15) is 0 Å². The topological polar surface area (TPSA) is 25.8 Å². The van der Waals surface area contributed by atoms with E-state index < -0.39 is 0 Å². The van der Waals surface area contributed by atoms with Gasteiger partial charge in [0.05, 0.1) is 5.69 Å². The second-order valence-corrected chi connectivity index (χ2v) is 2.88. The molecule has 0 saturated heterocycles. The molecule has 2 nitrogen and oxygen atoms in total. The number of nitrogens with zero attached hydrogens (tertiary/aromatic N) is 2. The van der Waals surface area contributed by atoms with E-state index in [1.807, 2.05) is 6.92 Å². The molecule has 1 aliphatic rings. The summed E-state index contributed by atoms with van der Waals surface area (Å²) in [6.07, 6.45) is 4.84. The van der Waals surface area contributed by atoms with Crippen LogP contribution in [0.5, 0.6) is 0 Å². The summed E-state index contributed by atoms with van der Waals surface area (Å²) in [7, 11) is 0. The van der Waals surface area contributed by atoms with Crippen molar-refractivity contribution < 1.29 is 0 Å². The number of aromatic nitrogens is 2. The third-order valence-corrected chi connectivity index (χ3v) is 2.15. The van der Waals surface area contributed by atoms with E-state index in [1.54, 1.807) is 6.33 Å². The van der Waals surface area contributed by atoms with E-state index >= 15 is 0 Å². The second-order valence-electron chi connectivity index (χ2n) is 2.88. The van der Waals surface area contributed by atoms with Gasteiger partial charge in [-0.1, -0.05) is 6.08 Å². The summed E-state index contributed by atoms with van der Waals surface area (Å²) in [6.45, 7) is 4.13. The molecule has 0 aromatic carbocycles. The van der Waals surface area contributed by atoms with Gasteiger partial charge in [-0.15, -0.1) is 0 Å². The van der Waals surface area contributed by atoms with Crippen LogP contribution in [0.3, 0.4) is 0 Å². The van der Waals surface area contributed by atoms with Crippen molar-refractivity contribution in [3.8, 4) is 0 Å². The van der Waals surface area contributed by atoms with Crippen LogP contribution in [0.25, 0.3) is 5.57 Å². The first kappa shape index (κ1) is 6.53. The molecule has 0 spiro atoms. The Morgan fingerprint density at radius 2 is 2.09 bits per heavy atom. The lowest BCUT2D eigenvalue weighted by Crippen LogP contribution is -1.94. The predicted octanol–water partition coefficient (Wildman–Crippen LogP) is 1.74. The molecule has 1 heterocycles. The zero-order chi connectivity index (χ0) is 7.84. The summed E-state index contributed by atoms with van der Waals surface area (Å²) in [6, 6.07) is 0. The molecule has 1 aliphatic carbocycles. The number of hydrogen-bond acceptors (Lipinski definition) is 2. The molecule has 2 heteroatoms. The van der Waals surface area contributed by atoms with Crippen molar-refractivity contribution in [2.45, 2.75) is 20.3 Å². The van der Waals surface area contributed by atoms with Gasteiger partial charge in [-0.3, -0.25) is 0 Å². The van der Waals surface area contributed by atoms with Crippen molar-refractivity contribution >= 4 is 5.57 Å². The van der Waals surface area contributed by atoms with Crippen molar-refractivity contribution in [1.29, 1.82) is 0 Å². The quantitative estimate of drug-likeness (QED) is 0.557. The maximum Gasteiger partial charge on any atom is 0.116 e. The maximum atomic E-state index is 4.22. The van der Waals surface area contributed by atoms with Crippen molar-refractivity contribution in [2.24, 2.45) is 0 Å². The van der Waals surface area contributed by atoms with Crippen LogP contribution in [0.1, 0.15) is 23.9 Å². The summed E-state index contributed by atoms with van der Waals surface area (Å²) in [5.41, 5.74) is 4.83. The monoisotopic (exact) mass is 146 g/mol. The Kier molecular flexibility index (Phi) is 1.28. The Bertz CT molecular complexity index is 326. The lowest BCUT2D eigenvalue weighted by molar-refractivity contribution is 1.03. The standard InChI is InChI=1S/C9H10N2/c1-6-3-4-8-7(2)10-5-11-9(6)8/h3,5H,4H2,1-2H3. The van der Waals surface area contributed by atoms with Gasteiger partial charge in [0, 0.05) is 11.3 Å². The van der Waals surface area contributed by atoms with Crippen LogP contribution in [0, 0.1) is 6.92 Å². The number of rotatable bonds is 0. The molecule has 11 heavy (non-hydrogen) atoms. The molecule has 0 bridgehead atoms. The second kappa shape index (κ2) is 2.16.